The van der Waals surface area contributed by atoms with Crippen LogP contribution in [-0.2, 0) is 0 Å². The van der Waals surface area contributed by atoms with Gasteiger partial charge in [0.25, 0.3) is 5.69 Å². The second kappa shape index (κ2) is 7.45. The molecule has 0 saturated carbocycles. The average molecular weight is 394 g/mol. The fourth-order valence-electron chi connectivity index (χ4n) is 2.53. The van der Waals surface area contributed by atoms with Gasteiger partial charge in [0, 0.05) is 17.7 Å². The van der Waals surface area contributed by atoms with E-state index < -0.39 is 4.92 Å². The van der Waals surface area contributed by atoms with E-state index in [2.05, 4.69) is 20.5 Å². The van der Waals surface area contributed by atoms with Gasteiger partial charge in [-0.2, -0.15) is 5.10 Å². The number of nitrogens with zero attached hydrogens (tertiary/aromatic N) is 4. The van der Waals surface area contributed by atoms with Crippen LogP contribution in [0.3, 0.4) is 0 Å². The van der Waals surface area contributed by atoms with Crippen LogP contribution in [0, 0.1) is 10.1 Å². The molecule has 4 aromatic rings. The van der Waals surface area contributed by atoms with Gasteiger partial charge in [-0.05, 0) is 36.4 Å². The molecular formula is C19H12ClN5O3. The van der Waals surface area contributed by atoms with E-state index in [9.17, 15) is 10.1 Å². The van der Waals surface area contributed by atoms with Gasteiger partial charge in [0.2, 0.25) is 0 Å². The average Bonchev–Trinajstić information content (AvgIpc) is 3.17. The van der Waals surface area contributed by atoms with E-state index in [-0.39, 0.29) is 10.8 Å². The third-order valence-electron chi connectivity index (χ3n) is 3.88. The van der Waals surface area contributed by atoms with E-state index in [4.69, 9.17) is 16.0 Å². The lowest BCUT2D eigenvalue weighted by Gasteiger charge is -2.03. The van der Waals surface area contributed by atoms with Crippen LogP contribution in [0.25, 0.3) is 22.4 Å². The summed E-state index contributed by atoms with van der Waals surface area (Å²) in [7, 11) is 0. The number of hydrogen-bond acceptors (Lipinski definition) is 7. The van der Waals surface area contributed by atoms with Gasteiger partial charge in [-0.15, -0.1) is 0 Å². The molecule has 0 aliphatic heterocycles. The van der Waals surface area contributed by atoms with Crippen molar-refractivity contribution in [2.45, 2.75) is 0 Å². The predicted octanol–water partition coefficient (Wildman–Crippen LogP) is 4.90. The maximum Gasteiger partial charge on any atom is 0.269 e. The van der Waals surface area contributed by atoms with E-state index >= 15 is 0 Å². The minimum absolute atomic E-state index is 0.0228. The van der Waals surface area contributed by atoms with Crippen LogP contribution in [0.5, 0.6) is 0 Å². The SMILES string of the molecule is O=[N+]([O-])c1ccc(-c2ccc(/C=N/Nc3nc4ccccc4nc3Cl)o2)cc1. The molecule has 9 heteroatoms. The zero-order chi connectivity index (χ0) is 19.5. The Labute approximate surface area is 163 Å². The quantitative estimate of drug-likeness (QED) is 0.293. The van der Waals surface area contributed by atoms with Crippen LogP contribution >= 0.6 is 11.6 Å². The number of non-ortho nitro benzene ring substituents is 1. The van der Waals surface area contributed by atoms with Crippen molar-refractivity contribution in [1.82, 2.24) is 9.97 Å². The van der Waals surface area contributed by atoms with Gasteiger partial charge in [0.1, 0.15) is 11.5 Å². The van der Waals surface area contributed by atoms with Crippen molar-refractivity contribution >= 4 is 40.4 Å². The van der Waals surface area contributed by atoms with Crippen LogP contribution < -0.4 is 5.43 Å². The van der Waals surface area contributed by atoms with Crippen LogP contribution in [0.15, 0.2) is 70.2 Å². The van der Waals surface area contributed by atoms with Gasteiger partial charge in [0.05, 0.1) is 22.2 Å². The first kappa shape index (κ1) is 17.6. The number of furan rings is 1. The molecule has 0 radical (unpaired) electrons. The maximum atomic E-state index is 10.7. The Morgan fingerprint density at radius 3 is 2.46 bits per heavy atom. The Morgan fingerprint density at radius 2 is 1.75 bits per heavy atom. The van der Waals surface area contributed by atoms with E-state index in [0.717, 1.165) is 5.56 Å². The third kappa shape index (κ3) is 3.67. The number of para-hydroxylation sites is 2. The highest BCUT2D eigenvalue weighted by atomic mass is 35.5. The first-order valence-corrected chi connectivity index (χ1v) is 8.54. The number of hydrazone groups is 1. The number of nitro groups is 1. The van der Waals surface area contributed by atoms with Gasteiger partial charge >= 0.3 is 0 Å². The number of nitrogens with one attached hydrogen (secondary N) is 1. The normalized spacial score (nSPS) is 11.2. The van der Waals surface area contributed by atoms with Crippen molar-refractivity contribution in [1.29, 1.82) is 0 Å². The number of fused-ring (bicyclic) bond motifs is 1. The molecule has 0 aliphatic carbocycles. The lowest BCUT2D eigenvalue weighted by atomic mass is 10.1. The molecule has 0 unspecified atom stereocenters. The highest BCUT2D eigenvalue weighted by Crippen LogP contribution is 2.24. The molecule has 2 aromatic heterocycles. The Balaban J connectivity index is 1.49. The van der Waals surface area contributed by atoms with Crippen LogP contribution in [0.4, 0.5) is 11.5 Å². The standard InChI is InChI=1S/C19H12ClN5O3/c20-18-19(23-16-4-2-1-3-15(16)22-18)24-21-11-14-9-10-17(28-14)12-5-7-13(8-6-12)25(26)27/h1-11H,(H,23,24)/b21-11+. The second-order valence-electron chi connectivity index (χ2n) is 5.73. The highest BCUT2D eigenvalue weighted by Gasteiger charge is 2.08. The Kier molecular flexibility index (Phi) is 4.69. The first-order chi connectivity index (χ1) is 13.6. The molecule has 0 aliphatic rings. The fraction of sp³-hybridized carbons (Fsp3) is 0. The molecule has 0 bridgehead atoms. The molecule has 0 atom stereocenters. The van der Waals surface area contributed by atoms with Crippen molar-refractivity contribution in [3.8, 4) is 11.3 Å². The number of hydrogen-bond donors (Lipinski definition) is 1. The molecule has 2 aromatic carbocycles. The van der Waals surface area contributed by atoms with E-state index in [1.54, 1.807) is 24.3 Å². The van der Waals surface area contributed by atoms with E-state index in [1.165, 1.54) is 18.3 Å². The molecule has 0 fully saturated rings. The van der Waals surface area contributed by atoms with Crippen LogP contribution in [0.2, 0.25) is 5.15 Å². The van der Waals surface area contributed by atoms with E-state index in [0.29, 0.717) is 28.4 Å². The number of halogens is 1. The van der Waals surface area contributed by atoms with Crippen molar-refractivity contribution in [2.24, 2.45) is 5.10 Å². The number of nitro benzene ring substituents is 1. The summed E-state index contributed by atoms with van der Waals surface area (Å²) >= 11 is 6.12. The Morgan fingerprint density at radius 1 is 1.04 bits per heavy atom. The van der Waals surface area contributed by atoms with Gasteiger partial charge in [-0.1, -0.05) is 23.7 Å². The van der Waals surface area contributed by atoms with Crippen molar-refractivity contribution in [2.75, 3.05) is 5.43 Å². The van der Waals surface area contributed by atoms with Gasteiger partial charge in [-0.3, -0.25) is 15.5 Å². The second-order valence-corrected chi connectivity index (χ2v) is 6.09. The molecular weight excluding hydrogens is 382 g/mol. The lowest BCUT2D eigenvalue weighted by Crippen LogP contribution is -1.97. The molecule has 4 rings (SSSR count). The van der Waals surface area contributed by atoms with Crippen molar-refractivity contribution in [3.63, 3.8) is 0 Å². The molecule has 1 N–H and O–H groups in total. The largest absolute Gasteiger partial charge is 0.455 e. The number of rotatable bonds is 5. The highest BCUT2D eigenvalue weighted by molar-refractivity contribution is 6.32. The molecule has 2 heterocycles. The topological polar surface area (TPSA) is 106 Å². The summed E-state index contributed by atoms with van der Waals surface area (Å²) in [5.74, 6) is 1.39. The van der Waals surface area contributed by atoms with E-state index in [1.807, 2.05) is 24.3 Å². The molecule has 8 nitrogen and oxygen atoms in total. The van der Waals surface area contributed by atoms with Crippen molar-refractivity contribution in [3.05, 3.63) is 81.7 Å². The van der Waals surface area contributed by atoms with Crippen molar-refractivity contribution < 1.29 is 9.34 Å². The summed E-state index contributed by atoms with van der Waals surface area (Å²) in [5, 5.41) is 15.0. The zero-order valence-electron chi connectivity index (χ0n) is 14.2. The molecule has 138 valence electrons. The Hall–Kier alpha value is -3.78. The Bertz CT molecular complexity index is 1190. The maximum absolute atomic E-state index is 10.7. The zero-order valence-corrected chi connectivity index (χ0v) is 15.0. The summed E-state index contributed by atoms with van der Waals surface area (Å²) in [6.45, 7) is 0. The summed E-state index contributed by atoms with van der Waals surface area (Å²) in [6.07, 6.45) is 1.47. The third-order valence-corrected chi connectivity index (χ3v) is 4.14. The predicted molar refractivity (Wildman–Crippen MR) is 107 cm³/mol. The number of anilines is 1. The summed E-state index contributed by atoms with van der Waals surface area (Å²) < 4.78 is 5.68. The first-order valence-electron chi connectivity index (χ1n) is 8.16. The minimum Gasteiger partial charge on any atom is -0.455 e. The van der Waals surface area contributed by atoms with Gasteiger partial charge in [0.15, 0.2) is 11.0 Å². The summed E-state index contributed by atoms with van der Waals surface area (Å²) in [4.78, 5) is 18.9. The molecule has 0 saturated heterocycles. The van der Waals surface area contributed by atoms with Crippen LogP contribution in [-0.4, -0.2) is 21.1 Å². The monoisotopic (exact) mass is 393 g/mol. The van der Waals surface area contributed by atoms with Gasteiger partial charge in [-0.25, -0.2) is 9.97 Å². The number of aromatic nitrogens is 2. The smallest absolute Gasteiger partial charge is 0.269 e. The lowest BCUT2D eigenvalue weighted by molar-refractivity contribution is -0.384. The minimum atomic E-state index is -0.448. The molecule has 0 amide bonds. The van der Waals surface area contributed by atoms with Crippen LogP contribution in [0.1, 0.15) is 5.76 Å². The number of benzene rings is 2. The molecule has 28 heavy (non-hydrogen) atoms. The van der Waals surface area contributed by atoms with Gasteiger partial charge < -0.3 is 4.42 Å². The summed E-state index contributed by atoms with van der Waals surface area (Å²) in [6, 6.07) is 17.0. The summed E-state index contributed by atoms with van der Waals surface area (Å²) in [5.41, 5.74) is 4.89. The fourth-order valence-corrected chi connectivity index (χ4v) is 2.71. The molecule has 0 spiro atoms.